The number of furan rings is 1. The molecular formula is C10H9ClN2O. The quantitative estimate of drug-likeness (QED) is 0.797. The smallest absolute Gasteiger partial charge is 0.213 e. The van der Waals surface area contributed by atoms with Gasteiger partial charge in [-0.05, 0) is 12.1 Å². The van der Waals surface area contributed by atoms with Crippen LogP contribution in [0.3, 0.4) is 0 Å². The Hall–Kier alpha value is -1.61. The van der Waals surface area contributed by atoms with E-state index in [0.717, 1.165) is 11.4 Å². The molecule has 3 N–H and O–H groups in total. The number of anilines is 3. The van der Waals surface area contributed by atoms with Crippen molar-refractivity contribution in [2.24, 2.45) is 0 Å². The summed E-state index contributed by atoms with van der Waals surface area (Å²) in [7, 11) is 0. The molecule has 0 saturated carbocycles. The van der Waals surface area contributed by atoms with Crippen molar-refractivity contribution in [2.45, 2.75) is 0 Å². The molecule has 0 unspecified atom stereocenters. The first kappa shape index (κ1) is 8.97. The fourth-order valence-corrected chi connectivity index (χ4v) is 1.31. The summed E-state index contributed by atoms with van der Waals surface area (Å²) in [5.74, 6) is 0.352. The van der Waals surface area contributed by atoms with Gasteiger partial charge in [-0.2, -0.15) is 0 Å². The number of nitrogens with one attached hydrogen (secondary N) is 1. The highest BCUT2D eigenvalue weighted by atomic mass is 35.5. The highest BCUT2D eigenvalue weighted by Crippen LogP contribution is 2.28. The second-order valence-electron chi connectivity index (χ2n) is 2.80. The molecule has 0 aliphatic carbocycles. The number of hydrogen-bond donors (Lipinski definition) is 2. The van der Waals surface area contributed by atoms with Crippen LogP contribution < -0.4 is 11.1 Å². The van der Waals surface area contributed by atoms with Crippen LogP contribution in [-0.4, -0.2) is 0 Å². The first-order chi connectivity index (χ1) is 6.77. The van der Waals surface area contributed by atoms with E-state index < -0.39 is 0 Å². The maximum Gasteiger partial charge on any atom is 0.213 e. The molecule has 1 aromatic carbocycles. The van der Waals surface area contributed by atoms with Crippen LogP contribution in [0.1, 0.15) is 0 Å². The predicted molar refractivity (Wildman–Crippen MR) is 57.9 cm³/mol. The van der Waals surface area contributed by atoms with E-state index in [-0.39, 0.29) is 0 Å². The summed E-state index contributed by atoms with van der Waals surface area (Å²) in [5, 5.41) is 3.72. The average Bonchev–Trinajstić information content (AvgIpc) is 2.56. The summed E-state index contributed by atoms with van der Waals surface area (Å²) in [6, 6.07) is 9.18. The minimum Gasteiger partial charge on any atom is -0.447 e. The van der Waals surface area contributed by atoms with Gasteiger partial charge in [0.05, 0.1) is 17.0 Å². The number of nitrogen functional groups attached to an aromatic ring is 1. The third-order valence-electron chi connectivity index (χ3n) is 1.84. The Kier molecular flexibility index (Phi) is 2.33. The van der Waals surface area contributed by atoms with Gasteiger partial charge < -0.3 is 15.5 Å². The third kappa shape index (κ3) is 1.67. The maximum absolute atomic E-state index is 5.96. The van der Waals surface area contributed by atoms with Crippen molar-refractivity contribution in [3.05, 3.63) is 41.6 Å². The topological polar surface area (TPSA) is 51.2 Å². The summed E-state index contributed by atoms with van der Waals surface area (Å²) in [5.41, 5.74) is 7.09. The summed E-state index contributed by atoms with van der Waals surface area (Å²) >= 11 is 5.96. The zero-order valence-electron chi connectivity index (χ0n) is 7.33. The molecule has 2 rings (SSSR count). The van der Waals surface area contributed by atoms with Gasteiger partial charge in [0.2, 0.25) is 5.88 Å². The number of hydrogen-bond acceptors (Lipinski definition) is 3. The van der Waals surface area contributed by atoms with Gasteiger partial charge >= 0.3 is 0 Å². The zero-order valence-corrected chi connectivity index (χ0v) is 8.08. The lowest BCUT2D eigenvalue weighted by atomic mass is 10.3. The number of para-hydroxylation sites is 1. The molecule has 14 heavy (non-hydrogen) atoms. The van der Waals surface area contributed by atoms with E-state index >= 15 is 0 Å². The lowest BCUT2D eigenvalue weighted by molar-refractivity contribution is 0.588. The van der Waals surface area contributed by atoms with Gasteiger partial charge in [-0.15, -0.1) is 0 Å². The Morgan fingerprint density at radius 3 is 2.57 bits per heavy atom. The van der Waals surface area contributed by atoms with Crippen molar-refractivity contribution in [3.63, 3.8) is 0 Å². The number of nitrogens with two attached hydrogens (primary N) is 1. The minimum absolute atomic E-state index is 0.352. The molecule has 0 aliphatic rings. The highest BCUT2D eigenvalue weighted by molar-refractivity contribution is 6.33. The Labute approximate surface area is 86.5 Å². The first-order valence-electron chi connectivity index (χ1n) is 4.12. The molecule has 0 amide bonds. The Morgan fingerprint density at radius 1 is 1.14 bits per heavy atom. The van der Waals surface area contributed by atoms with E-state index in [0.29, 0.717) is 10.9 Å². The number of benzene rings is 1. The summed E-state index contributed by atoms with van der Waals surface area (Å²) < 4.78 is 4.95. The lowest BCUT2D eigenvalue weighted by Gasteiger charge is -2.05. The molecule has 0 fully saturated rings. The van der Waals surface area contributed by atoms with Crippen LogP contribution in [0.4, 0.5) is 17.3 Å². The van der Waals surface area contributed by atoms with Gasteiger partial charge in [0.1, 0.15) is 5.69 Å². The lowest BCUT2D eigenvalue weighted by Crippen LogP contribution is -1.93. The fraction of sp³-hybridized carbons (Fsp3) is 0. The van der Waals surface area contributed by atoms with Crippen LogP contribution in [0.5, 0.6) is 0 Å². The van der Waals surface area contributed by atoms with Gasteiger partial charge in [-0.1, -0.05) is 23.7 Å². The molecule has 0 atom stereocenters. The van der Waals surface area contributed by atoms with Gasteiger partial charge in [0, 0.05) is 6.07 Å². The minimum atomic E-state index is 0.352. The fourth-order valence-electron chi connectivity index (χ4n) is 1.13. The van der Waals surface area contributed by atoms with Crippen molar-refractivity contribution in [2.75, 3.05) is 11.1 Å². The third-order valence-corrected chi connectivity index (χ3v) is 2.17. The Morgan fingerprint density at radius 2 is 1.93 bits per heavy atom. The molecule has 0 saturated heterocycles. The normalized spacial score (nSPS) is 10.1. The van der Waals surface area contributed by atoms with E-state index in [2.05, 4.69) is 5.32 Å². The van der Waals surface area contributed by atoms with Crippen molar-refractivity contribution >= 4 is 28.9 Å². The maximum atomic E-state index is 5.96. The van der Waals surface area contributed by atoms with Crippen LogP contribution in [0.25, 0.3) is 0 Å². The van der Waals surface area contributed by atoms with Crippen LogP contribution >= 0.6 is 11.6 Å². The molecule has 0 bridgehead atoms. The van der Waals surface area contributed by atoms with Gasteiger partial charge in [-0.25, -0.2) is 0 Å². The molecular weight excluding hydrogens is 200 g/mol. The van der Waals surface area contributed by atoms with E-state index in [9.17, 15) is 0 Å². The molecule has 1 heterocycles. The van der Waals surface area contributed by atoms with Gasteiger partial charge in [0.25, 0.3) is 0 Å². The van der Waals surface area contributed by atoms with E-state index in [1.165, 1.54) is 6.26 Å². The summed E-state index contributed by atoms with van der Waals surface area (Å²) in [6.07, 6.45) is 1.52. The molecule has 3 nitrogen and oxygen atoms in total. The van der Waals surface area contributed by atoms with Crippen molar-refractivity contribution in [1.82, 2.24) is 0 Å². The molecule has 0 radical (unpaired) electrons. The molecule has 1 aromatic heterocycles. The van der Waals surface area contributed by atoms with Gasteiger partial charge in [0.15, 0.2) is 0 Å². The Balaban J connectivity index is 2.28. The van der Waals surface area contributed by atoms with Crippen molar-refractivity contribution < 1.29 is 4.42 Å². The molecule has 72 valence electrons. The van der Waals surface area contributed by atoms with Crippen LogP contribution in [0.2, 0.25) is 5.02 Å². The summed E-state index contributed by atoms with van der Waals surface area (Å²) in [6.45, 7) is 0. The molecule has 0 spiro atoms. The highest BCUT2D eigenvalue weighted by Gasteiger charge is 2.03. The van der Waals surface area contributed by atoms with E-state index in [1.54, 1.807) is 12.1 Å². The predicted octanol–water partition coefficient (Wildman–Crippen LogP) is 3.26. The van der Waals surface area contributed by atoms with E-state index in [4.69, 9.17) is 21.8 Å². The molecule has 2 aromatic rings. The SMILES string of the molecule is Nc1occc1Nc1ccccc1Cl. The first-order valence-corrected chi connectivity index (χ1v) is 4.49. The summed E-state index contributed by atoms with van der Waals surface area (Å²) in [4.78, 5) is 0. The second-order valence-corrected chi connectivity index (χ2v) is 3.21. The largest absolute Gasteiger partial charge is 0.447 e. The standard InChI is InChI=1S/C10H9ClN2O/c11-7-3-1-2-4-8(7)13-9-5-6-14-10(9)12/h1-6,13H,12H2. The van der Waals surface area contributed by atoms with Crippen LogP contribution in [-0.2, 0) is 0 Å². The zero-order chi connectivity index (χ0) is 9.97. The van der Waals surface area contributed by atoms with E-state index in [1.807, 2.05) is 18.2 Å². The number of rotatable bonds is 2. The number of halogens is 1. The average molecular weight is 209 g/mol. The van der Waals surface area contributed by atoms with Crippen molar-refractivity contribution in [1.29, 1.82) is 0 Å². The Bertz CT molecular complexity index is 439. The monoisotopic (exact) mass is 208 g/mol. The van der Waals surface area contributed by atoms with Crippen LogP contribution in [0.15, 0.2) is 41.0 Å². The second kappa shape index (κ2) is 3.64. The molecule has 0 aliphatic heterocycles. The molecule has 4 heteroatoms. The van der Waals surface area contributed by atoms with Gasteiger partial charge in [-0.3, -0.25) is 0 Å². The van der Waals surface area contributed by atoms with Crippen LogP contribution in [0, 0.1) is 0 Å². The van der Waals surface area contributed by atoms with Crippen molar-refractivity contribution in [3.8, 4) is 0 Å².